The van der Waals surface area contributed by atoms with Crippen LogP contribution in [0.25, 0.3) is 17.1 Å². The van der Waals surface area contributed by atoms with E-state index in [9.17, 15) is 4.79 Å². The number of anilines is 1. The second kappa shape index (κ2) is 6.18. The van der Waals surface area contributed by atoms with Crippen molar-refractivity contribution in [2.45, 2.75) is 13.8 Å². The summed E-state index contributed by atoms with van der Waals surface area (Å²) in [5, 5.41) is 15.4. The predicted octanol–water partition coefficient (Wildman–Crippen LogP) is 3.25. The molecule has 0 saturated carbocycles. The highest BCUT2D eigenvalue weighted by atomic mass is 35.5. The molecule has 116 valence electrons. The molecule has 0 saturated heterocycles. The number of hydrogen-bond acceptors (Lipinski definition) is 4. The van der Waals surface area contributed by atoms with Crippen LogP contribution in [0.4, 0.5) is 5.69 Å². The third-order valence-electron chi connectivity index (χ3n) is 3.42. The molecule has 3 aromatic rings. The number of carbonyl (C=O) groups is 1. The topological polar surface area (TPSA) is 72.7 Å². The van der Waals surface area contributed by atoms with Gasteiger partial charge in [-0.1, -0.05) is 17.7 Å². The highest BCUT2D eigenvalue weighted by Crippen LogP contribution is 2.26. The largest absolute Gasteiger partial charge is 0.326 e. The lowest BCUT2D eigenvalue weighted by molar-refractivity contribution is -0.114. The number of tetrazole rings is 1. The molecule has 1 N–H and O–H groups in total. The van der Waals surface area contributed by atoms with Crippen LogP contribution >= 0.6 is 11.6 Å². The van der Waals surface area contributed by atoms with Gasteiger partial charge in [0.25, 0.3) is 0 Å². The number of amides is 1. The standard InChI is InChI=1S/C16H14ClN5O/c1-10-14(18-11(2)23)4-3-5-15(10)22-16(19-20-21-22)12-6-8-13(17)9-7-12/h3-9H,1-2H3,(H,18,23). The molecule has 1 amide bonds. The summed E-state index contributed by atoms with van der Waals surface area (Å²) in [4.78, 5) is 11.3. The van der Waals surface area contributed by atoms with Crippen LogP contribution in [-0.4, -0.2) is 26.1 Å². The Balaban J connectivity index is 2.09. The van der Waals surface area contributed by atoms with Gasteiger partial charge in [0.1, 0.15) is 0 Å². The fourth-order valence-electron chi connectivity index (χ4n) is 2.31. The SMILES string of the molecule is CC(=O)Nc1cccc(-n2nnnc2-c2ccc(Cl)cc2)c1C. The summed E-state index contributed by atoms with van der Waals surface area (Å²) in [5.74, 6) is 0.477. The van der Waals surface area contributed by atoms with Crippen LogP contribution < -0.4 is 5.32 Å². The summed E-state index contributed by atoms with van der Waals surface area (Å²) in [6, 6.07) is 12.9. The maximum Gasteiger partial charge on any atom is 0.221 e. The molecule has 0 radical (unpaired) electrons. The van der Waals surface area contributed by atoms with Crippen molar-refractivity contribution in [2.75, 3.05) is 5.32 Å². The molecule has 0 fully saturated rings. The molecule has 1 heterocycles. The number of rotatable bonds is 3. The minimum atomic E-state index is -0.125. The third-order valence-corrected chi connectivity index (χ3v) is 3.67. The first kappa shape index (κ1) is 15.2. The van der Waals surface area contributed by atoms with E-state index in [1.165, 1.54) is 6.92 Å². The van der Waals surface area contributed by atoms with E-state index in [0.29, 0.717) is 10.8 Å². The zero-order valence-electron chi connectivity index (χ0n) is 12.6. The van der Waals surface area contributed by atoms with Crippen molar-refractivity contribution in [3.8, 4) is 17.1 Å². The average Bonchev–Trinajstić information content (AvgIpc) is 2.99. The maximum atomic E-state index is 11.3. The first-order chi connectivity index (χ1) is 11.1. The number of nitrogens with zero attached hydrogens (tertiary/aromatic N) is 4. The molecule has 6 nitrogen and oxygen atoms in total. The second-order valence-electron chi connectivity index (χ2n) is 5.05. The van der Waals surface area contributed by atoms with Gasteiger partial charge in [0, 0.05) is 23.2 Å². The second-order valence-corrected chi connectivity index (χ2v) is 5.49. The molecule has 0 bridgehead atoms. The molecule has 1 aromatic heterocycles. The molecule has 0 aliphatic carbocycles. The maximum absolute atomic E-state index is 11.3. The third kappa shape index (κ3) is 3.07. The molecule has 0 atom stereocenters. The van der Waals surface area contributed by atoms with Crippen molar-refractivity contribution in [1.29, 1.82) is 0 Å². The van der Waals surface area contributed by atoms with E-state index < -0.39 is 0 Å². The van der Waals surface area contributed by atoms with E-state index in [-0.39, 0.29) is 5.91 Å². The molecule has 0 aliphatic heterocycles. The van der Waals surface area contributed by atoms with Gasteiger partial charge in [-0.3, -0.25) is 4.79 Å². The lowest BCUT2D eigenvalue weighted by Crippen LogP contribution is -2.09. The van der Waals surface area contributed by atoms with Crippen molar-refractivity contribution in [2.24, 2.45) is 0 Å². The van der Waals surface area contributed by atoms with Gasteiger partial charge in [-0.05, 0) is 59.3 Å². The van der Waals surface area contributed by atoms with Crippen molar-refractivity contribution >= 4 is 23.2 Å². The zero-order valence-corrected chi connectivity index (χ0v) is 13.4. The molecule has 7 heteroatoms. The molecule has 2 aromatic carbocycles. The molecular formula is C16H14ClN5O. The van der Waals surface area contributed by atoms with Gasteiger partial charge in [-0.2, -0.15) is 4.68 Å². The number of benzene rings is 2. The predicted molar refractivity (Wildman–Crippen MR) is 88.6 cm³/mol. The van der Waals surface area contributed by atoms with Crippen LogP contribution in [0, 0.1) is 6.92 Å². The lowest BCUT2D eigenvalue weighted by Gasteiger charge is -2.12. The van der Waals surface area contributed by atoms with Gasteiger partial charge >= 0.3 is 0 Å². The quantitative estimate of drug-likeness (QED) is 0.801. The number of carbonyl (C=O) groups excluding carboxylic acids is 1. The Morgan fingerprint density at radius 1 is 1.17 bits per heavy atom. The van der Waals surface area contributed by atoms with Crippen LogP contribution in [0.2, 0.25) is 5.02 Å². The first-order valence-corrected chi connectivity index (χ1v) is 7.36. The number of halogens is 1. The van der Waals surface area contributed by atoms with E-state index in [1.807, 2.05) is 37.3 Å². The van der Waals surface area contributed by atoms with E-state index in [0.717, 1.165) is 22.5 Å². The lowest BCUT2D eigenvalue weighted by atomic mass is 10.1. The van der Waals surface area contributed by atoms with Crippen LogP contribution in [-0.2, 0) is 4.79 Å². The Morgan fingerprint density at radius 2 is 1.91 bits per heavy atom. The monoisotopic (exact) mass is 327 g/mol. The normalized spacial score (nSPS) is 10.6. The highest BCUT2D eigenvalue weighted by molar-refractivity contribution is 6.30. The van der Waals surface area contributed by atoms with Gasteiger partial charge in [-0.25, -0.2) is 0 Å². The molecule has 0 aliphatic rings. The van der Waals surface area contributed by atoms with Crippen molar-refractivity contribution in [3.05, 3.63) is 53.1 Å². The van der Waals surface area contributed by atoms with Gasteiger partial charge in [0.2, 0.25) is 5.91 Å². The number of hydrogen-bond donors (Lipinski definition) is 1. The summed E-state index contributed by atoms with van der Waals surface area (Å²) in [6.45, 7) is 3.39. The first-order valence-electron chi connectivity index (χ1n) is 6.98. The minimum Gasteiger partial charge on any atom is -0.326 e. The smallest absolute Gasteiger partial charge is 0.221 e. The molecular weight excluding hydrogens is 314 g/mol. The minimum absolute atomic E-state index is 0.125. The highest BCUT2D eigenvalue weighted by Gasteiger charge is 2.14. The van der Waals surface area contributed by atoms with Gasteiger partial charge in [0.05, 0.1) is 5.69 Å². The average molecular weight is 328 g/mol. The van der Waals surface area contributed by atoms with Gasteiger partial charge < -0.3 is 5.32 Å². The van der Waals surface area contributed by atoms with E-state index in [4.69, 9.17) is 11.6 Å². The van der Waals surface area contributed by atoms with Gasteiger partial charge in [-0.15, -0.1) is 5.10 Å². The van der Waals surface area contributed by atoms with Crippen molar-refractivity contribution in [3.63, 3.8) is 0 Å². The molecule has 3 rings (SSSR count). The zero-order chi connectivity index (χ0) is 16.4. The van der Waals surface area contributed by atoms with Crippen LogP contribution in [0.5, 0.6) is 0 Å². The Morgan fingerprint density at radius 3 is 2.61 bits per heavy atom. The van der Waals surface area contributed by atoms with Crippen molar-refractivity contribution < 1.29 is 4.79 Å². The summed E-state index contributed by atoms with van der Waals surface area (Å²) < 4.78 is 1.64. The Kier molecular flexibility index (Phi) is 4.08. The van der Waals surface area contributed by atoms with E-state index >= 15 is 0 Å². The Bertz CT molecular complexity index is 857. The van der Waals surface area contributed by atoms with Crippen molar-refractivity contribution in [1.82, 2.24) is 20.2 Å². The fourth-order valence-corrected chi connectivity index (χ4v) is 2.43. The molecule has 23 heavy (non-hydrogen) atoms. The number of nitrogens with one attached hydrogen (secondary N) is 1. The van der Waals surface area contributed by atoms with Crippen LogP contribution in [0.1, 0.15) is 12.5 Å². The summed E-state index contributed by atoms with van der Waals surface area (Å²) >= 11 is 5.93. The summed E-state index contributed by atoms with van der Waals surface area (Å²) in [5.41, 5.74) is 3.26. The summed E-state index contributed by atoms with van der Waals surface area (Å²) in [6.07, 6.45) is 0. The van der Waals surface area contributed by atoms with Crippen LogP contribution in [0.3, 0.4) is 0 Å². The number of aromatic nitrogens is 4. The summed E-state index contributed by atoms with van der Waals surface area (Å²) in [7, 11) is 0. The van der Waals surface area contributed by atoms with E-state index in [2.05, 4.69) is 20.8 Å². The Hall–Kier alpha value is -2.73. The van der Waals surface area contributed by atoms with Crippen LogP contribution in [0.15, 0.2) is 42.5 Å². The Labute approximate surface area is 138 Å². The molecule has 0 unspecified atom stereocenters. The van der Waals surface area contributed by atoms with Gasteiger partial charge in [0.15, 0.2) is 5.82 Å². The fraction of sp³-hybridized carbons (Fsp3) is 0.125. The molecule has 0 spiro atoms. The van der Waals surface area contributed by atoms with E-state index in [1.54, 1.807) is 16.8 Å².